The van der Waals surface area contributed by atoms with Crippen molar-refractivity contribution >= 4 is 0 Å². The Morgan fingerprint density at radius 2 is 1.86 bits per heavy atom. The quantitative estimate of drug-likeness (QED) is 0.783. The molecule has 22 heavy (non-hydrogen) atoms. The van der Waals surface area contributed by atoms with Gasteiger partial charge in [0.2, 0.25) is 0 Å². The van der Waals surface area contributed by atoms with Crippen molar-refractivity contribution in [2.24, 2.45) is 7.05 Å². The minimum Gasteiger partial charge on any atom is -0.373 e. The van der Waals surface area contributed by atoms with Gasteiger partial charge >= 0.3 is 0 Å². The molecular weight excluding hydrogens is 276 g/mol. The topological polar surface area (TPSA) is 42.3 Å². The standard InChI is InChI=1S/C17H32N4O/c1-13-11-21(12-14(2)22-13)9-7-6-8-18-10-17-15(3)19-20(5)16(17)4/h13-14,18H,6-12H2,1-5H3/t13-,14-/m1/s1. The Morgan fingerprint density at radius 1 is 1.18 bits per heavy atom. The number of nitrogens with zero attached hydrogens (tertiary/aromatic N) is 3. The maximum absolute atomic E-state index is 5.77. The van der Waals surface area contributed by atoms with E-state index in [1.807, 2.05) is 11.7 Å². The molecule has 2 heterocycles. The van der Waals surface area contributed by atoms with E-state index in [0.29, 0.717) is 12.2 Å². The number of aromatic nitrogens is 2. The highest BCUT2D eigenvalue weighted by molar-refractivity contribution is 5.23. The minimum absolute atomic E-state index is 0.374. The van der Waals surface area contributed by atoms with Crippen LogP contribution in [-0.4, -0.2) is 53.1 Å². The van der Waals surface area contributed by atoms with Crippen LogP contribution in [0.4, 0.5) is 0 Å². The summed E-state index contributed by atoms with van der Waals surface area (Å²) in [7, 11) is 2.01. The minimum atomic E-state index is 0.374. The molecule has 1 aromatic rings. The summed E-state index contributed by atoms with van der Waals surface area (Å²) in [5.74, 6) is 0. The second-order valence-electron chi connectivity index (χ2n) is 6.67. The summed E-state index contributed by atoms with van der Waals surface area (Å²) in [5.41, 5.74) is 3.75. The molecule has 0 amide bonds. The van der Waals surface area contributed by atoms with Crippen LogP contribution < -0.4 is 5.32 Å². The maximum atomic E-state index is 5.77. The molecule has 126 valence electrons. The zero-order chi connectivity index (χ0) is 16.1. The van der Waals surface area contributed by atoms with E-state index in [2.05, 4.69) is 43.0 Å². The van der Waals surface area contributed by atoms with Gasteiger partial charge in [-0.05, 0) is 53.6 Å². The molecule has 1 fully saturated rings. The summed E-state index contributed by atoms with van der Waals surface area (Å²) in [6.45, 7) is 13.9. The van der Waals surface area contributed by atoms with Gasteiger partial charge in [-0.1, -0.05) is 0 Å². The zero-order valence-corrected chi connectivity index (χ0v) is 14.9. The van der Waals surface area contributed by atoms with Gasteiger partial charge in [-0.2, -0.15) is 5.10 Å². The van der Waals surface area contributed by atoms with Crippen molar-refractivity contribution in [1.29, 1.82) is 0 Å². The lowest BCUT2D eigenvalue weighted by Gasteiger charge is -2.35. The molecule has 1 aromatic heterocycles. The van der Waals surface area contributed by atoms with Crippen LogP contribution in [0.25, 0.3) is 0 Å². The van der Waals surface area contributed by atoms with Crippen LogP contribution in [0.1, 0.15) is 43.6 Å². The largest absolute Gasteiger partial charge is 0.373 e. The number of nitrogens with one attached hydrogen (secondary N) is 1. The Morgan fingerprint density at radius 3 is 2.45 bits per heavy atom. The molecule has 5 nitrogen and oxygen atoms in total. The van der Waals surface area contributed by atoms with Crippen molar-refractivity contribution in [3.05, 3.63) is 17.0 Å². The molecule has 0 radical (unpaired) electrons. The number of morpholine rings is 1. The van der Waals surface area contributed by atoms with Gasteiger partial charge in [0.1, 0.15) is 0 Å². The van der Waals surface area contributed by atoms with Crippen molar-refractivity contribution in [3.63, 3.8) is 0 Å². The first kappa shape index (κ1) is 17.4. The number of aryl methyl sites for hydroxylation is 2. The molecule has 1 N–H and O–H groups in total. The maximum Gasteiger partial charge on any atom is 0.0678 e. The molecule has 0 saturated carbocycles. The highest BCUT2D eigenvalue weighted by Crippen LogP contribution is 2.12. The summed E-state index contributed by atoms with van der Waals surface area (Å²) in [6.07, 6.45) is 3.22. The fourth-order valence-electron chi connectivity index (χ4n) is 3.34. The molecule has 2 atom stereocenters. The normalized spacial score (nSPS) is 23.1. The molecule has 0 spiro atoms. The summed E-state index contributed by atoms with van der Waals surface area (Å²) in [6, 6.07) is 0. The summed E-state index contributed by atoms with van der Waals surface area (Å²) >= 11 is 0. The van der Waals surface area contributed by atoms with Crippen LogP contribution in [0.2, 0.25) is 0 Å². The van der Waals surface area contributed by atoms with Crippen molar-refractivity contribution < 1.29 is 4.74 Å². The Hall–Kier alpha value is -0.910. The molecule has 1 aliphatic rings. The van der Waals surface area contributed by atoms with Crippen LogP contribution in [0, 0.1) is 13.8 Å². The molecule has 1 saturated heterocycles. The van der Waals surface area contributed by atoms with Gasteiger partial charge in [0.15, 0.2) is 0 Å². The molecule has 2 rings (SSSR count). The van der Waals surface area contributed by atoms with E-state index in [4.69, 9.17) is 4.74 Å². The average Bonchev–Trinajstić information content (AvgIpc) is 2.67. The molecule has 0 aliphatic carbocycles. The third-order valence-corrected chi connectivity index (χ3v) is 4.53. The van der Waals surface area contributed by atoms with E-state index in [9.17, 15) is 0 Å². The monoisotopic (exact) mass is 308 g/mol. The molecule has 1 aliphatic heterocycles. The Balaban J connectivity index is 1.60. The molecule has 5 heteroatoms. The predicted octanol–water partition coefficient (Wildman–Crippen LogP) is 2.02. The fraction of sp³-hybridized carbons (Fsp3) is 0.824. The molecule has 0 aromatic carbocycles. The van der Waals surface area contributed by atoms with E-state index >= 15 is 0 Å². The van der Waals surface area contributed by atoms with Crippen LogP contribution in [0.5, 0.6) is 0 Å². The molecular formula is C17H32N4O. The average molecular weight is 308 g/mol. The van der Waals surface area contributed by atoms with Gasteiger partial charge in [0.25, 0.3) is 0 Å². The first-order valence-electron chi connectivity index (χ1n) is 8.55. The molecule has 0 unspecified atom stereocenters. The van der Waals surface area contributed by atoms with E-state index in [0.717, 1.165) is 31.9 Å². The SMILES string of the molecule is Cc1nn(C)c(C)c1CNCCCCN1C[C@@H](C)O[C@H](C)C1. The lowest BCUT2D eigenvalue weighted by atomic mass is 10.2. The van der Waals surface area contributed by atoms with E-state index in [-0.39, 0.29) is 0 Å². The zero-order valence-electron chi connectivity index (χ0n) is 14.9. The Labute approximate surface area is 135 Å². The second kappa shape index (κ2) is 8.09. The van der Waals surface area contributed by atoms with Gasteiger partial charge < -0.3 is 10.1 Å². The molecule has 0 bridgehead atoms. The van der Waals surface area contributed by atoms with Crippen molar-refractivity contribution in [2.75, 3.05) is 26.2 Å². The first-order chi connectivity index (χ1) is 10.5. The lowest BCUT2D eigenvalue weighted by molar-refractivity contribution is -0.0681. The second-order valence-corrected chi connectivity index (χ2v) is 6.67. The summed E-state index contributed by atoms with van der Waals surface area (Å²) in [5, 5.41) is 8.01. The highest BCUT2D eigenvalue weighted by atomic mass is 16.5. The van der Waals surface area contributed by atoms with Gasteiger partial charge in [0.05, 0.1) is 17.9 Å². The van der Waals surface area contributed by atoms with Crippen LogP contribution in [-0.2, 0) is 18.3 Å². The van der Waals surface area contributed by atoms with Crippen molar-refractivity contribution in [3.8, 4) is 0 Å². The van der Waals surface area contributed by atoms with Crippen molar-refractivity contribution in [2.45, 2.75) is 59.3 Å². The van der Waals surface area contributed by atoms with Gasteiger partial charge in [-0.3, -0.25) is 9.58 Å². The van der Waals surface area contributed by atoms with Crippen LogP contribution >= 0.6 is 0 Å². The Kier molecular flexibility index (Phi) is 6.41. The smallest absolute Gasteiger partial charge is 0.0678 e. The fourth-order valence-corrected chi connectivity index (χ4v) is 3.34. The summed E-state index contributed by atoms with van der Waals surface area (Å²) in [4.78, 5) is 2.54. The van der Waals surface area contributed by atoms with E-state index in [1.165, 1.54) is 30.6 Å². The van der Waals surface area contributed by atoms with Crippen LogP contribution in [0.15, 0.2) is 0 Å². The van der Waals surface area contributed by atoms with Crippen molar-refractivity contribution in [1.82, 2.24) is 20.0 Å². The third kappa shape index (κ3) is 4.80. The highest BCUT2D eigenvalue weighted by Gasteiger charge is 2.21. The van der Waals surface area contributed by atoms with Gasteiger partial charge in [-0.25, -0.2) is 0 Å². The van der Waals surface area contributed by atoms with E-state index in [1.54, 1.807) is 0 Å². The third-order valence-electron chi connectivity index (χ3n) is 4.53. The number of rotatable bonds is 7. The van der Waals surface area contributed by atoms with Gasteiger partial charge in [-0.15, -0.1) is 0 Å². The van der Waals surface area contributed by atoms with E-state index < -0.39 is 0 Å². The number of ether oxygens (including phenoxy) is 1. The van der Waals surface area contributed by atoms with Gasteiger partial charge in [0, 0.05) is 37.9 Å². The number of hydrogen-bond donors (Lipinski definition) is 1. The number of hydrogen-bond acceptors (Lipinski definition) is 4. The number of unbranched alkanes of at least 4 members (excludes halogenated alkanes) is 1. The Bertz CT molecular complexity index is 461. The summed E-state index contributed by atoms with van der Waals surface area (Å²) < 4.78 is 7.74. The van der Waals surface area contributed by atoms with Crippen LogP contribution in [0.3, 0.4) is 0 Å². The first-order valence-corrected chi connectivity index (χ1v) is 8.55. The predicted molar refractivity (Wildman–Crippen MR) is 90.1 cm³/mol. The lowest BCUT2D eigenvalue weighted by Crippen LogP contribution is -2.45.